The Morgan fingerprint density at radius 1 is 1.12 bits per heavy atom. The van der Waals surface area contributed by atoms with Crippen molar-refractivity contribution in [2.75, 3.05) is 26.2 Å². The van der Waals surface area contributed by atoms with Gasteiger partial charge in [0, 0.05) is 38.5 Å². The van der Waals surface area contributed by atoms with Crippen molar-refractivity contribution >= 4 is 17.7 Å². The van der Waals surface area contributed by atoms with E-state index in [1.54, 1.807) is 4.90 Å². The van der Waals surface area contributed by atoms with Crippen LogP contribution >= 0.6 is 0 Å². The molecule has 1 rings (SSSR count). The van der Waals surface area contributed by atoms with E-state index in [0.29, 0.717) is 32.5 Å². The first-order valence-corrected chi connectivity index (χ1v) is 8.76. The third-order valence-corrected chi connectivity index (χ3v) is 3.98. The van der Waals surface area contributed by atoms with E-state index in [1.807, 2.05) is 20.8 Å². The molecule has 0 aromatic heterocycles. The van der Waals surface area contributed by atoms with Crippen molar-refractivity contribution in [2.24, 2.45) is 11.1 Å². The Bertz CT molecular complexity index is 446. The molecule has 0 saturated carbocycles. The molecule has 24 heavy (non-hydrogen) atoms. The van der Waals surface area contributed by atoms with Crippen molar-refractivity contribution in [3.63, 3.8) is 0 Å². The molecule has 1 fully saturated rings. The number of hydrogen-bond acceptors (Lipinski definition) is 4. The molecule has 1 saturated heterocycles. The molecule has 4 N–H and O–H groups in total. The van der Waals surface area contributed by atoms with E-state index in [-0.39, 0.29) is 35.7 Å². The SMILES string of the molecule is CC(C)(C)CC(=O)NCC(=O)N1CCCCC1CNC(=O)CCN. The number of nitrogens with zero attached hydrogens (tertiary/aromatic N) is 1. The Balaban J connectivity index is 2.47. The molecular weight excluding hydrogens is 308 g/mol. The molecule has 1 atom stereocenters. The van der Waals surface area contributed by atoms with E-state index in [1.165, 1.54) is 0 Å². The Hall–Kier alpha value is -1.63. The van der Waals surface area contributed by atoms with Crippen LogP contribution in [0.25, 0.3) is 0 Å². The Kier molecular flexibility index (Phi) is 8.18. The van der Waals surface area contributed by atoms with Crippen LogP contribution in [-0.2, 0) is 14.4 Å². The van der Waals surface area contributed by atoms with Crippen LogP contribution in [0.4, 0.5) is 0 Å². The number of rotatable bonds is 7. The predicted octanol–water partition coefficient (Wildman–Crippen LogP) is 0.385. The highest BCUT2D eigenvalue weighted by molar-refractivity contribution is 5.85. The predicted molar refractivity (Wildman–Crippen MR) is 93.1 cm³/mol. The standard InChI is InChI=1S/C17H32N4O3/c1-17(2,3)10-15(23)20-12-16(24)21-9-5-4-6-13(21)11-19-14(22)7-8-18/h13H,4-12,18H2,1-3H3,(H,19,22)(H,20,23). The number of likely N-dealkylation sites (tertiary alicyclic amines) is 1. The number of carbonyl (C=O) groups is 3. The van der Waals surface area contributed by atoms with Crippen molar-refractivity contribution in [2.45, 2.75) is 58.9 Å². The van der Waals surface area contributed by atoms with Crippen molar-refractivity contribution in [1.29, 1.82) is 0 Å². The fraction of sp³-hybridized carbons (Fsp3) is 0.824. The van der Waals surface area contributed by atoms with Crippen LogP contribution in [0, 0.1) is 5.41 Å². The first kappa shape index (κ1) is 20.4. The highest BCUT2D eigenvalue weighted by atomic mass is 16.2. The van der Waals surface area contributed by atoms with Crippen molar-refractivity contribution in [1.82, 2.24) is 15.5 Å². The average molecular weight is 340 g/mol. The summed E-state index contributed by atoms with van der Waals surface area (Å²) in [5, 5.41) is 5.54. The van der Waals surface area contributed by atoms with E-state index < -0.39 is 0 Å². The Morgan fingerprint density at radius 3 is 2.46 bits per heavy atom. The first-order valence-electron chi connectivity index (χ1n) is 8.76. The lowest BCUT2D eigenvalue weighted by Crippen LogP contribution is -2.52. The van der Waals surface area contributed by atoms with Gasteiger partial charge in [-0.3, -0.25) is 14.4 Å². The van der Waals surface area contributed by atoms with E-state index in [2.05, 4.69) is 10.6 Å². The lowest BCUT2D eigenvalue weighted by molar-refractivity contribution is -0.136. The summed E-state index contributed by atoms with van der Waals surface area (Å²) < 4.78 is 0. The molecule has 1 heterocycles. The minimum Gasteiger partial charge on any atom is -0.354 e. The molecule has 7 nitrogen and oxygen atoms in total. The normalized spacial score (nSPS) is 18.2. The van der Waals surface area contributed by atoms with Crippen LogP contribution in [-0.4, -0.2) is 54.8 Å². The van der Waals surface area contributed by atoms with Gasteiger partial charge in [0.15, 0.2) is 0 Å². The van der Waals surface area contributed by atoms with Gasteiger partial charge in [-0.25, -0.2) is 0 Å². The minimum atomic E-state index is -0.111. The monoisotopic (exact) mass is 340 g/mol. The van der Waals surface area contributed by atoms with E-state index in [9.17, 15) is 14.4 Å². The fourth-order valence-corrected chi connectivity index (χ4v) is 2.81. The van der Waals surface area contributed by atoms with Crippen molar-refractivity contribution < 1.29 is 14.4 Å². The fourth-order valence-electron chi connectivity index (χ4n) is 2.81. The second-order valence-corrected chi connectivity index (χ2v) is 7.59. The summed E-state index contributed by atoms with van der Waals surface area (Å²) in [6.45, 7) is 7.41. The summed E-state index contributed by atoms with van der Waals surface area (Å²) in [5.41, 5.74) is 5.26. The highest BCUT2D eigenvalue weighted by Crippen LogP contribution is 2.18. The number of piperidine rings is 1. The molecular formula is C17H32N4O3. The van der Waals surface area contributed by atoms with Crippen LogP contribution in [0.3, 0.4) is 0 Å². The largest absolute Gasteiger partial charge is 0.354 e. The third-order valence-electron chi connectivity index (χ3n) is 3.98. The van der Waals surface area contributed by atoms with Gasteiger partial charge in [-0.1, -0.05) is 20.8 Å². The van der Waals surface area contributed by atoms with Gasteiger partial charge >= 0.3 is 0 Å². The summed E-state index contributed by atoms with van der Waals surface area (Å²) in [6.07, 6.45) is 3.54. The van der Waals surface area contributed by atoms with E-state index in [0.717, 1.165) is 19.3 Å². The number of amides is 3. The maximum Gasteiger partial charge on any atom is 0.242 e. The number of nitrogens with two attached hydrogens (primary N) is 1. The second kappa shape index (κ2) is 9.61. The quantitative estimate of drug-likeness (QED) is 0.623. The topological polar surface area (TPSA) is 105 Å². The maximum atomic E-state index is 12.4. The minimum absolute atomic E-state index is 0.00695. The second-order valence-electron chi connectivity index (χ2n) is 7.59. The summed E-state index contributed by atoms with van der Waals surface area (Å²) in [4.78, 5) is 37.6. The molecule has 138 valence electrons. The van der Waals surface area contributed by atoms with Crippen molar-refractivity contribution in [3.05, 3.63) is 0 Å². The maximum absolute atomic E-state index is 12.4. The van der Waals surface area contributed by atoms with Crippen molar-refractivity contribution in [3.8, 4) is 0 Å². The van der Waals surface area contributed by atoms with Crippen LogP contribution in [0.15, 0.2) is 0 Å². The lowest BCUT2D eigenvalue weighted by atomic mass is 9.92. The molecule has 3 amide bonds. The molecule has 0 spiro atoms. The molecule has 0 aromatic rings. The molecule has 1 unspecified atom stereocenters. The molecule has 0 aliphatic carbocycles. The van der Waals surface area contributed by atoms with Gasteiger partial charge in [-0.15, -0.1) is 0 Å². The Labute approximate surface area is 144 Å². The summed E-state index contributed by atoms with van der Waals surface area (Å²) >= 11 is 0. The molecule has 1 aliphatic heterocycles. The number of hydrogen-bond donors (Lipinski definition) is 3. The zero-order valence-corrected chi connectivity index (χ0v) is 15.2. The van der Waals surface area contributed by atoms with Gasteiger partial charge in [0.1, 0.15) is 0 Å². The van der Waals surface area contributed by atoms with E-state index in [4.69, 9.17) is 5.73 Å². The van der Waals surface area contributed by atoms with Crippen LogP contribution in [0.2, 0.25) is 0 Å². The third kappa shape index (κ3) is 7.77. The lowest BCUT2D eigenvalue weighted by Gasteiger charge is -2.36. The van der Waals surface area contributed by atoms with Gasteiger partial charge < -0.3 is 21.3 Å². The zero-order chi connectivity index (χ0) is 18.2. The van der Waals surface area contributed by atoms with E-state index >= 15 is 0 Å². The van der Waals surface area contributed by atoms with Crippen LogP contribution < -0.4 is 16.4 Å². The van der Waals surface area contributed by atoms with Gasteiger partial charge in [0.2, 0.25) is 17.7 Å². The number of nitrogens with one attached hydrogen (secondary N) is 2. The molecule has 0 aromatic carbocycles. The highest BCUT2D eigenvalue weighted by Gasteiger charge is 2.27. The molecule has 1 aliphatic rings. The zero-order valence-electron chi connectivity index (χ0n) is 15.2. The molecule has 7 heteroatoms. The molecule has 0 bridgehead atoms. The summed E-state index contributed by atoms with van der Waals surface area (Å²) in [7, 11) is 0. The van der Waals surface area contributed by atoms with Gasteiger partial charge in [-0.05, 0) is 24.7 Å². The Morgan fingerprint density at radius 2 is 1.83 bits per heavy atom. The van der Waals surface area contributed by atoms with Crippen LogP contribution in [0.5, 0.6) is 0 Å². The van der Waals surface area contributed by atoms with Gasteiger partial charge in [0.25, 0.3) is 0 Å². The van der Waals surface area contributed by atoms with Gasteiger partial charge in [-0.2, -0.15) is 0 Å². The molecule has 0 radical (unpaired) electrons. The first-order chi connectivity index (χ1) is 11.2. The average Bonchev–Trinajstić information content (AvgIpc) is 2.49. The summed E-state index contributed by atoms with van der Waals surface area (Å²) in [5.74, 6) is -0.287. The van der Waals surface area contributed by atoms with Crippen LogP contribution in [0.1, 0.15) is 52.9 Å². The summed E-state index contributed by atoms with van der Waals surface area (Å²) in [6, 6.07) is -0.00695. The number of carbonyl (C=O) groups excluding carboxylic acids is 3. The van der Waals surface area contributed by atoms with Gasteiger partial charge in [0.05, 0.1) is 6.54 Å². The smallest absolute Gasteiger partial charge is 0.242 e.